The second kappa shape index (κ2) is 7.61. The Balaban J connectivity index is 1.63. The summed E-state index contributed by atoms with van der Waals surface area (Å²) < 4.78 is 4.96. The van der Waals surface area contributed by atoms with Crippen LogP contribution in [0.1, 0.15) is 12.0 Å². The molecule has 6 nitrogen and oxygen atoms in total. The minimum atomic E-state index is -0.384. The first-order valence-electron chi connectivity index (χ1n) is 8.06. The highest BCUT2D eigenvalue weighted by atomic mass is 16.5. The molecule has 2 heterocycles. The summed E-state index contributed by atoms with van der Waals surface area (Å²) in [4.78, 5) is 30.1. The molecule has 1 N–H and O–H groups in total. The molecule has 0 bridgehead atoms. The molecule has 2 aromatic rings. The van der Waals surface area contributed by atoms with Crippen LogP contribution in [0, 0.1) is 0 Å². The van der Waals surface area contributed by atoms with Crippen molar-refractivity contribution >= 4 is 23.2 Å². The Hall–Kier alpha value is -3.15. The van der Waals surface area contributed by atoms with Gasteiger partial charge in [-0.05, 0) is 30.5 Å². The average molecular weight is 337 g/mol. The third kappa shape index (κ3) is 4.03. The van der Waals surface area contributed by atoms with Gasteiger partial charge in [0.05, 0.1) is 19.0 Å². The predicted octanol–water partition coefficient (Wildman–Crippen LogP) is 2.56. The number of anilines is 2. The average Bonchev–Trinajstić information content (AvgIpc) is 2.66. The molecule has 0 saturated carbocycles. The van der Waals surface area contributed by atoms with Crippen LogP contribution in [0.15, 0.2) is 54.7 Å². The molecular weight excluding hydrogens is 318 g/mol. The maximum Gasteiger partial charge on any atom is 0.251 e. The summed E-state index contributed by atoms with van der Waals surface area (Å²) in [5, 5.41) is 2.66. The van der Waals surface area contributed by atoms with Crippen LogP contribution in [0.3, 0.4) is 0 Å². The number of ether oxygens (including phenoxy) is 1. The number of fused-ring (bicyclic) bond motifs is 1. The maximum atomic E-state index is 12.4. The van der Waals surface area contributed by atoms with Crippen LogP contribution in [-0.4, -0.2) is 30.5 Å². The first-order chi connectivity index (χ1) is 12.2. The van der Waals surface area contributed by atoms with Crippen LogP contribution < -0.4 is 15.0 Å². The van der Waals surface area contributed by atoms with E-state index in [1.807, 2.05) is 24.3 Å². The zero-order valence-electron chi connectivity index (χ0n) is 13.9. The lowest BCUT2D eigenvalue weighted by Gasteiger charge is -2.28. The van der Waals surface area contributed by atoms with E-state index in [1.165, 1.54) is 25.5 Å². The number of carbonyl (C=O) groups excluding carboxylic acids is 2. The fraction of sp³-hybridized carbons (Fsp3) is 0.211. The van der Waals surface area contributed by atoms with E-state index in [0.717, 1.165) is 24.1 Å². The molecule has 2 amide bonds. The number of para-hydroxylation sites is 1. The fourth-order valence-corrected chi connectivity index (χ4v) is 2.76. The van der Waals surface area contributed by atoms with Crippen molar-refractivity contribution in [1.29, 1.82) is 0 Å². The molecule has 0 aliphatic carbocycles. The van der Waals surface area contributed by atoms with Crippen molar-refractivity contribution in [1.82, 2.24) is 4.98 Å². The van der Waals surface area contributed by atoms with Crippen LogP contribution in [-0.2, 0) is 16.0 Å². The minimum absolute atomic E-state index is 0.199. The number of hydrogen-bond donors (Lipinski definition) is 1. The van der Waals surface area contributed by atoms with Crippen molar-refractivity contribution in [2.24, 2.45) is 0 Å². The van der Waals surface area contributed by atoms with Gasteiger partial charge in [-0.1, -0.05) is 18.2 Å². The van der Waals surface area contributed by atoms with Gasteiger partial charge in [-0.3, -0.25) is 9.59 Å². The summed E-state index contributed by atoms with van der Waals surface area (Å²) in [6.45, 7) is 0.657. The normalized spacial score (nSPS) is 13.4. The Bertz CT molecular complexity index is 800. The Morgan fingerprint density at radius 1 is 1.20 bits per heavy atom. The molecule has 0 saturated heterocycles. The monoisotopic (exact) mass is 337 g/mol. The lowest BCUT2D eigenvalue weighted by atomic mass is 10.0. The number of aryl methyl sites for hydroxylation is 1. The number of carbonyl (C=O) groups is 2. The fourth-order valence-electron chi connectivity index (χ4n) is 2.76. The molecule has 1 aromatic heterocycles. The molecule has 1 aromatic carbocycles. The SMILES string of the molecule is COc1ccc(NC(=O)C=CC(=O)N2CCCc3ccccc32)cn1. The number of nitrogens with one attached hydrogen (secondary N) is 1. The molecule has 0 atom stereocenters. The molecule has 25 heavy (non-hydrogen) atoms. The number of hydrogen-bond acceptors (Lipinski definition) is 4. The van der Waals surface area contributed by atoms with E-state index in [4.69, 9.17) is 4.74 Å². The third-order valence-electron chi connectivity index (χ3n) is 3.97. The first-order valence-corrected chi connectivity index (χ1v) is 8.06. The molecule has 0 fully saturated rings. The second-order valence-corrected chi connectivity index (χ2v) is 5.63. The molecule has 3 rings (SSSR count). The van der Waals surface area contributed by atoms with Gasteiger partial charge in [-0.2, -0.15) is 0 Å². The molecular formula is C19H19N3O3. The Morgan fingerprint density at radius 2 is 2.04 bits per heavy atom. The van der Waals surface area contributed by atoms with Crippen molar-refractivity contribution in [2.45, 2.75) is 12.8 Å². The van der Waals surface area contributed by atoms with Gasteiger partial charge < -0.3 is 15.0 Å². The summed E-state index contributed by atoms with van der Waals surface area (Å²) in [7, 11) is 1.52. The predicted molar refractivity (Wildman–Crippen MR) is 95.7 cm³/mol. The van der Waals surface area contributed by atoms with Gasteiger partial charge in [0, 0.05) is 30.5 Å². The van der Waals surface area contributed by atoms with Crippen LogP contribution >= 0.6 is 0 Å². The number of pyridine rings is 1. The van der Waals surface area contributed by atoms with E-state index in [0.29, 0.717) is 18.1 Å². The Morgan fingerprint density at radius 3 is 2.80 bits per heavy atom. The second-order valence-electron chi connectivity index (χ2n) is 5.63. The number of methoxy groups -OCH3 is 1. The van der Waals surface area contributed by atoms with E-state index >= 15 is 0 Å². The Labute approximate surface area is 146 Å². The number of amides is 2. The lowest BCUT2D eigenvalue weighted by Crippen LogP contribution is -2.34. The third-order valence-corrected chi connectivity index (χ3v) is 3.97. The van der Waals surface area contributed by atoms with E-state index in [2.05, 4.69) is 10.3 Å². The zero-order valence-corrected chi connectivity index (χ0v) is 13.9. The van der Waals surface area contributed by atoms with E-state index in [1.54, 1.807) is 17.0 Å². The molecule has 1 aliphatic rings. The minimum Gasteiger partial charge on any atom is -0.481 e. The highest BCUT2D eigenvalue weighted by Crippen LogP contribution is 2.26. The van der Waals surface area contributed by atoms with Gasteiger partial charge in [0.25, 0.3) is 5.91 Å². The van der Waals surface area contributed by atoms with Crippen LogP contribution in [0.5, 0.6) is 5.88 Å². The topological polar surface area (TPSA) is 71.5 Å². The van der Waals surface area contributed by atoms with Gasteiger partial charge in [0.1, 0.15) is 0 Å². The lowest BCUT2D eigenvalue weighted by molar-refractivity contribution is -0.115. The van der Waals surface area contributed by atoms with Crippen LogP contribution in [0.4, 0.5) is 11.4 Å². The van der Waals surface area contributed by atoms with E-state index in [9.17, 15) is 9.59 Å². The largest absolute Gasteiger partial charge is 0.481 e. The first kappa shape index (κ1) is 16.7. The number of aromatic nitrogens is 1. The molecule has 0 radical (unpaired) electrons. The highest BCUT2D eigenvalue weighted by Gasteiger charge is 2.20. The van der Waals surface area contributed by atoms with Gasteiger partial charge in [0.15, 0.2) is 0 Å². The summed E-state index contributed by atoms with van der Waals surface area (Å²) in [5.74, 6) is -0.117. The maximum absolute atomic E-state index is 12.4. The standard InChI is InChI=1S/C19H19N3O3/c1-25-18-10-8-15(13-20-18)21-17(23)9-11-19(24)22-12-4-6-14-5-2-3-7-16(14)22/h2-3,5,7-11,13H,4,6,12H2,1H3,(H,21,23). The summed E-state index contributed by atoms with van der Waals surface area (Å²) in [6, 6.07) is 11.2. The number of nitrogens with zero attached hydrogens (tertiary/aromatic N) is 2. The van der Waals surface area contributed by atoms with E-state index in [-0.39, 0.29) is 11.8 Å². The molecule has 0 unspecified atom stereocenters. The van der Waals surface area contributed by atoms with Crippen molar-refractivity contribution in [3.05, 3.63) is 60.3 Å². The van der Waals surface area contributed by atoms with Gasteiger partial charge in [0.2, 0.25) is 11.8 Å². The van der Waals surface area contributed by atoms with Gasteiger partial charge in [-0.15, -0.1) is 0 Å². The zero-order chi connectivity index (χ0) is 17.6. The van der Waals surface area contributed by atoms with Crippen molar-refractivity contribution in [3.63, 3.8) is 0 Å². The molecule has 6 heteroatoms. The summed E-state index contributed by atoms with van der Waals surface area (Å²) in [6.07, 6.45) is 5.92. The van der Waals surface area contributed by atoms with Crippen molar-refractivity contribution in [2.75, 3.05) is 23.9 Å². The van der Waals surface area contributed by atoms with Crippen LogP contribution in [0.2, 0.25) is 0 Å². The quantitative estimate of drug-likeness (QED) is 0.871. The highest BCUT2D eigenvalue weighted by molar-refractivity contribution is 6.08. The number of benzene rings is 1. The number of rotatable bonds is 4. The summed E-state index contributed by atoms with van der Waals surface area (Å²) >= 11 is 0. The molecule has 0 spiro atoms. The molecule has 1 aliphatic heterocycles. The van der Waals surface area contributed by atoms with Crippen LogP contribution in [0.25, 0.3) is 0 Å². The van der Waals surface area contributed by atoms with Crippen molar-refractivity contribution in [3.8, 4) is 5.88 Å². The smallest absolute Gasteiger partial charge is 0.251 e. The Kier molecular flexibility index (Phi) is 5.09. The molecule has 128 valence electrons. The van der Waals surface area contributed by atoms with Gasteiger partial charge >= 0.3 is 0 Å². The van der Waals surface area contributed by atoms with Crippen molar-refractivity contribution < 1.29 is 14.3 Å². The van der Waals surface area contributed by atoms with E-state index < -0.39 is 0 Å². The summed E-state index contributed by atoms with van der Waals surface area (Å²) in [5.41, 5.74) is 2.61. The van der Waals surface area contributed by atoms with Gasteiger partial charge in [-0.25, -0.2) is 4.98 Å².